The number of hydrogen-bond donors (Lipinski definition) is 4. The van der Waals surface area contributed by atoms with E-state index in [1.54, 1.807) is 0 Å². The highest BCUT2D eigenvalue weighted by atomic mass is 16.3. The van der Waals surface area contributed by atoms with Crippen LogP contribution >= 0.6 is 0 Å². The van der Waals surface area contributed by atoms with Gasteiger partial charge in [-0.1, -0.05) is 0 Å². The fourth-order valence-electron chi connectivity index (χ4n) is 5.47. The Labute approximate surface area is 175 Å². The largest absolute Gasteiger partial charge is 0.396 e. The molecule has 5 rings (SSSR count). The van der Waals surface area contributed by atoms with Crippen LogP contribution in [0.2, 0.25) is 0 Å². The van der Waals surface area contributed by atoms with Crippen molar-refractivity contribution in [2.45, 2.75) is 57.4 Å². The molecule has 2 aliphatic rings. The van der Waals surface area contributed by atoms with Crippen molar-refractivity contribution in [2.24, 2.45) is 0 Å². The van der Waals surface area contributed by atoms with E-state index in [0.29, 0.717) is 12.8 Å². The van der Waals surface area contributed by atoms with Crippen molar-refractivity contribution in [1.82, 2.24) is 15.2 Å². The quantitative estimate of drug-likeness (QED) is 0.521. The van der Waals surface area contributed by atoms with Crippen molar-refractivity contribution in [3.8, 4) is 11.4 Å². The molecule has 3 aromatic rings. The highest BCUT2D eigenvalue weighted by molar-refractivity contribution is 6.11. The summed E-state index contributed by atoms with van der Waals surface area (Å²) in [7, 11) is 0. The standard InChI is InChI=1S/C23H28N4O3/c1-13(2)27-19-10-16-15-5-3-4-14-12-24-26-20(14)21(15)25-18(16)11-17(19)23(6-8-28,7-9-29)22(27)30/h10-13,25,28-29H,3-9H2,1-2H3,(H,24,26). The van der Waals surface area contributed by atoms with Crippen LogP contribution in [0.5, 0.6) is 0 Å². The van der Waals surface area contributed by atoms with E-state index in [2.05, 4.69) is 27.3 Å². The molecule has 158 valence electrons. The molecule has 1 aliphatic carbocycles. The van der Waals surface area contributed by atoms with Crippen molar-refractivity contribution in [3.05, 3.63) is 35.0 Å². The van der Waals surface area contributed by atoms with E-state index in [1.165, 1.54) is 11.1 Å². The Kier molecular flexibility index (Phi) is 4.48. The van der Waals surface area contributed by atoms with Crippen LogP contribution in [-0.2, 0) is 23.1 Å². The number of benzene rings is 1. The zero-order valence-corrected chi connectivity index (χ0v) is 17.5. The second kappa shape index (κ2) is 6.96. The van der Waals surface area contributed by atoms with Gasteiger partial charge in [-0.3, -0.25) is 9.89 Å². The molecule has 0 fully saturated rings. The fourth-order valence-corrected chi connectivity index (χ4v) is 5.47. The van der Waals surface area contributed by atoms with Gasteiger partial charge in [-0.15, -0.1) is 0 Å². The van der Waals surface area contributed by atoms with Crippen molar-refractivity contribution in [2.75, 3.05) is 18.1 Å². The van der Waals surface area contributed by atoms with Gasteiger partial charge in [0.15, 0.2) is 0 Å². The van der Waals surface area contributed by atoms with Crippen LogP contribution in [0.1, 0.15) is 49.8 Å². The molecule has 1 aliphatic heterocycles. The number of aromatic amines is 2. The normalized spacial score (nSPS) is 17.4. The minimum Gasteiger partial charge on any atom is -0.396 e. The van der Waals surface area contributed by atoms with Crippen molar-refractivity contribution >= 4 is 22.5 Å². The highest BCUT2D eigenvalue weighted by Gasteiger charge is 2.51. The van der Waals surface area contributed by atoms with E-state index in [4.69, 9.17) is 0 Å². The van der Waals surface area contributed by atoms with E-state index in [1.807, 2.05) is 24.9 Å². The van der Waals surface area contributed by atoms with Crippen LogP contribution in [0.25, 0.3) is 22.3 Å². The van der Waals surface area contributed by atoms with Gasteiger partial charge in [0.05, 0.1) is 11.1 Å². The second-order valence-corrected chi connectivity index (χ2v) is 8.80. The Hall–Kier alpha value is -2.64. The number of carbonyl (C=O) groups is 1. The number of hydrogen-bond acceptors (Lipinski definition) is 4. The molecule has 4 N–H and O–H groups in total. The van der Waals surface area contributed by atoms with Crippen molar-refractivity contribution < 1.29 is 15.0 Å². The predicted octanol–water partition coefficient (Wildman–Crippen LogP) is 2.80. The highest BCUT2D eigenvalue weighted by Crippen LogP contribution is 2.49. The summed E-state index contributed by atoms with van der Waals surface area (Å²) in [5.41, 5.74) is 6.39. The van der Waals surface area contributed by atoms with Crippen LogP contribution in [0.15, 0.2) is 18.3 Å². The van der Waals surface area contributed by atoms with E-state index >= 15 is 0 Å². The third kappa shape index (κ3) is 2.51. The summed E-state index contributed by atoms with van der Waals surface area (Å²) in [6.45, 7) is 3.81. The van der Waals surface area contributed by atoms with E-state index < -0.39 is 5.41 Å². The lowest BCUT2D eigenvalue weighted by Crippen LogP contribution is -2.44. The van der Waals surface area contributed by atoms with Crippen molar-refractivity contribution in [3.63, 3.8) is 0 Å². The van der Waals surface area contributed by atoms with E-state index in [9.17, 15) is 15.0 Å². The molecule has 0 atom stereocenters. The van der Waals surface area contributed by atoms with Gasteiger partial charge in [0.1, 0.15) is 5.69 Å². The number of H-pyrrole nitrogens is 2. The maximum absolute atomic E-state index is 13.6. The first-order valence-corrected chi connectivity index (χ1v) is 10.8. The molecule has 0 saturated heterocycles. The number of amides is 1. The molecular weight excluding hydrogens is 380 g/mol. The van der Waals surface area contributed by atoms with Gasteiger partial charge >= 0.3 is 0 Å². The Morgan fingerprint density at radius 1 is 1.20 bits per heavy atom. The van der Waals surface area contributed by atoms with E-state index in [0.717, 1.165) is 52.8 Å². The maximum atomic E-state index is 13.6. The van der Waals surface area contributed by atoms with Gasteiger partial charge < -0.3 is 20.1 Å². The first kappa shape index (κ1) is 19.3. The Morgan fingerprint density at radius 2 is 1.97 bits per heavy atom. The summed E-state index contributed by atoms with van der Waals surface area (Å²) < 4.78 is 0. The monoisotopic (exact) mass is 408 g/mol. The molecule has 7 heteroatoms. The van der Waals surface area contributed by atoms with Crippen LogP contribution in [0.3, 0.4) is 0 Å². The Balaban J connectivity index is 1.78. The average molecular weight is 409 g/mol. The molecule has 1 amide bonds. The number of carbonyl (C=O) groups excluding carboxylic acids is 1. The molecule has 2 aromatic heterocycles. The van der Waals surface area contributed by atoms with Crippen LogP contribution in [0.4, 0.5) is 5.69 Å². The van der Waals surface area contributed by atoms with Crippen LogP contribution in [0, 0.1) is 0 Å². The maximum Gasteiger partial charge on any atom is 0.238 e. The fraction of sp³-hybridized carbons (Fsp3) is 0.478. The summed E-state index contributed by atoms with van der Waals surface area (Å²) >= 11 is 0. The third-order valence-corrected chi connectivity index (χ3v) is 6.85. The van der Waals surface area contributed by atoms with Crippen LogP contribution in [-0.4, -0.2) is 50.6 Å². The molecule has 0 spiro atoms. The number of aliphatic hydroxyl groups is 2. The molecule has 0 saturated carbocycles. The minimum atomic E-state index is -0.892. The molecule has 0 radical (unpaired) electrons. The molecular formula is C23H28N4O3. The number of nitrogens with zero attached hydrogens (tertiary/aromatic N) is 2. The molecule has 1 aromatic carbocycles. The number of aliphatic hydroxyl groups excluding tert-OH is 2. The van der Waals surface area contributed by atoms with Crippen molar-refractivity contribution in [1.29, 1.82) is 0 Å². The third-order valence-electron chi connectivity index (χ3n) is 6.85. The number of aryl methyl sites for hydroxylation is 2. The number of nitrogens with one attached hydrogen (secondary N) is 2. The topological polar surface area (TPSA) is 105 Å². The molecule has 3 heterocycles. The lowest BCUT2D eigenvalue weighted by Gasteiger charge is -2.29. The minimum absolute atomic E-state index is 0.0107. The average Bonchev–Trinajstić information content (AvgIpc) is 3.33. The zero-order chi connectivity index (χ0) is 21.0. The summed E-state index contributed by atoms with van der Waals surface area (Å²) in [6, 6.07) is 4.19. The number of rotatable bonds is 5. The second-order valence-electron chi connectivity index (χ2n) is 8.80. The first-order chi connectivity index (χ1) is 14.5. The van der Waals surface area contributed by atoms with E-state index in [-0.39, 0.29) is 25.2 Å². The Morgan fingerprint density at radius 3 is 2.67 bits per heavy atom. The van der Waals surface area contributed by atoms with Gasteiger partial charge in [-0.05, 0) is 74.8 Å². The van der Waals surface area contributed by atoms with Gasteiger partial charge in [0, 0.05) is 42.0 Å². The molecule has 30 heavy (non-hydrogen) atoms. The number of aromatic nitrogens is 3. The molecule has 0 bridgehead atoms. The summed E-state index contributed by atoms with van der Waals surface area (Å²) in [4.78, 5) is 19.0. The smallest absolute Gasteiger partial charge is 0.238 e. The Bertz CT molecular complexity index is 1120. The SMILES string of the molecule is CC(C)N1C(=O)C(CCO)(CCO)c2cc3[nH]c4c(c3cc21)CCCc1c[nH]nc1-4. The summed E-state index contributed by atoms with van der Waals surface area (Å²) in [6.07, 6.45) is 5.58. The van der Waals surface area contributed by atoms with Gasteiger partial charge in [0.25, 0.3) is 0 Å². The first-order valence-electron chi connectivity index (χ1n) is 10.8. The lowest BCUT2D eigenvalue weighted by atomic mass is 9.76. The summed E-state index contributed by atoms with van der Waals surface area (Å²) in [5, 5.41) is 28.2. The summed E-state index contributed by atoms with van der Waals surface area (Å²) in [5.74, 6) is -0.0241. The predicted molar refractivity (Wildman–Crippen MR) is 116 cm³/mol. The number of fused-ring (bicyclic) bond motifs is 6. The molecule has 7 nitrogen and oxygen atoms in total. The van der Waals surface area contributed by atoms with Gasteiger partial charge in [-0.2, -0.15) is 5.10 Å². The van der Waals surface area contributed by atoms with Gasteiger partial charge in [-0.25, -0.2) is 0 Å². The lowest BCUT2D eigenvalue weighted by molar-refractivity contribution is -0.124. The van der Waals surface area contributed by atoms with Crippen LogP contribution < -0.4 is 4.90 Å². The molecule has 0 unspecified atom stereocenters. The zero-order valence-electron chi connectivity index (χ0n) is 17.5. The number of anilines is 1. The van der Waals surface area contributed by atoms with Gasteiger partial charge in [0.2, 0.25) is 5.91 Å².